The molecule has 0 bridgehead atoms. The molecule has 1 aromatic carbocycles. The smallest absolute Gasteiger partial charge is 0.303 e. The lowest BCUT2D eigenvalue weighted by molar-refractivity contribution is -0.139. The highest BCUT2D eigenvalue weighted by Crippen LogP contribution is 2.35. The van der Waals surface area contributed by atoms with Gasteiger partial charge in [0.25, 0.3) is 0 Å². The number of pyridine rings is 1. The van der Waals surface area contributed by atoms with Gasteiger partial charge < -0.3 is 19.8 Å². The van der Waals surface area contributed by atoms with Crippen LogP contribution >= 0.6 is 11.3 Å². The fraction of sp³-hybridized carbons (Fsp3) is 0.500. The van der Waals surface area contributed by atoms with Crippen LogP contribution in [0.2, 0.25) is 0 Å². The van der Waals surface area contributed by atoms with Crippen LogP contribution in [-0.4, -0.2) is 52.8 Å². The number of aliphatic hydroxyl groups is 1. The molecule has 0 radical (unpaired) electrons. The largest absolute Gasteiger partial charge is 0.497 e. The first kappa shape index (κ1) is 25.6. The maximum Gasteiger partial charge on any atom is 0.303 e. The number of rotatable bonds is 12. The second kappa shape index (κ2) is 12.5. The van der Waals surface area contributed by atoms with Crippen LogP contribution in [-0.2, 0) is 11.2 Å². The summed E-state index contributed by atoms with van der Waals surface area (Å²) >= 11 is 1.82. The van der Waals surface area contributed by atoms with Gasteiger partial charge in [-0.3, -0.25) is 9.78 Å². The number of likely N-dealkylation sites (tertiary alicyclic amines) is 1. The van der Waals surface area contributed by atoms with Gasteiger partial charge in [-0.2, -0.15) is 0 Å². The molecule has 3 heterocycles. The number of aryl methyl sites for hydroxylation is 1. The number of nitrogens with zero attached hydrogens (tertiary/aromatic N) is 2. The van der Waals surface area contributed by atoms with E-state index >= 15 is 0 Å². The van der Waals surface area contributed by atoms with Crippen molar-refractivity contribution in [2.75, 3.05) is 26.7 Å². The molecule has 1 aliphatic heterocycles. The van der Waals surface area contributed by atoms with Crippen LogP contribution in [0.15, 0.2) is 48.0 Å². The lowest BCUT2D eigenvalue weighted by atomic mass is 9.79. The van der Waals surface area contributed by atoms with E-state index in [4.69, 9.17) is 4.74 Å². The topological polar surface area (TPSA) is 82.9 Å². The van der Waals surface area contributed by atoms with Gasteiger partial charge in [-0.05, 0) is 105 Å². The first-order chi connectivity index (χ1) is 17.0. The zero-order chi connectivity index (χ0) is 24.6. The highest BCUT2D eigenvalue weighted by molar-refractivity contribution is 7.09. The number of ether oxygens (including phenoxy) is 1. The summed E-state index contributed by atoms with van der Waals surface area (Å²) in [5, 5.41) is 23.6. The Balaban J connectivity index is 1.32. The van der Waals surface area contributed by atoms with Gasteiger partial charge in [0.1, 0.15) is 5.75 Å². The number of aromatic nitrogens is 1. The van der Waals surface area contributed by atoms with E-state index in [-0.39, 0.29) is 12.3 Å². The molecule has 4 rings (SSSR count). The molecule has 188 valence electrons. The third kappa shape index (κ3) is 7.03. The SMILES string of the molecule is COc1ccc2nccc(C(O)CC[C@@H]3CCN(CCCCc4cccs4)C[C@@H]3CC(=O)O)c2c1. The molecule has 6 nitrogen and oxygen atoms in total. The molecule has 1 unspecified atom stereocenters. The first-order valence-electron chi connectivity index (χ1n) is 12.6. The number of benzene rings is 1. The number of piperidine rings is 1. The number of carboxylic acid groups (broad SMARTS) is 1. The predicted octanol–water partition coefficient (Wildman–Crippen LogP) is 5.55. The molecular formula is C28H36N2O4S. The van der Waals surface area contributed by atoms with Gasteiger partial charge in [0.05, 0.1) is 18.7 Å². The van der Waals surface area contributed by atoms with E-state index in [2.05, 4.69) is 27.4 Å². The van der Waals surface area contributed by atoms with E-state index in [0.717, 1.165) is 67.5 Å². The van der Waals surface area contributed by atoms with Gasteiger partial charge >= 0.3 is 5.97 Å². The second-order valence-electron chi connectivity index (χ2n) is 9.62. The van der Waals surface area contributed by atoms with E-state index in [0.29, 0.717) is 12.3 Å². The minimum absolute atomic E-state index is 0.125. The van der Waals surface area contributed by atoms with Gasteiger partial charge in [-0.15, -0.1) is 11.3 Å². The lowest BCUT2D eigenvalue weighted by Crippen LogP contribution is -2.41. The predicted molar refractivity (Wildman–Crippen MR) is 140 cm³/mol. The molecule has 1 aliphatic rings. The number of carboxylic acids is 1. The summed E-state index contributed by atoms with van der Waals surface area (Å²) in [5.74, 6) is 0.446. The molecule has 0 amide bonds. The van der Waals surface area contributed by atoms with Crippen molar-refractivity contribution in [3.63, 3.8) is 0 Å². The summed E-state index contributed by atoms with van der Waals surface area (Å²) in [6.07, 6.45) is 7.16. The molecule has 1 saturated heterocycles. The first-order valence-corrected chi connectivity index (χ1v) is 13.5. The van der Waals surface area contributed by atoms with Crippen LogP contribution < -0.4 is 4.74 Å². The average Bonchev–Trinajstić information content (AvgIpc) is 3.38. The van der Waals surface area contributed by atoms with Crippen LogP contribution in [0.3, 0.4) is 0 Å². The quantitative estimate of drug-likeness (QED) is 0.320. The zero-order valence-corrected chi connectivity index (χ0v) is 21.3. The molecule has 0 spiro atoms. The van der Waals surface area contributed by atoms with Crippen molar-refractivity contribution in [2.24, 2.45) is 11.8 Å². The van der Waals surface area contributed by atoms with Gasteiger partial charge in [0.15, 0.2) is 0 Å². The molecule has 0 saturated carbocycles. The monoisotopic (exact) mass is 496 g/mol. The highest BCUT2D eigenvalue weighted by atomic mass is 32.1. The van der Waals surface area contributed by atoms with Crippen LogP contribution in [0.1, 0.15) is 55.1 Å². The Kier molecular flexibility index (Phi) is 9.12. The molecule has 2 N–H and O–H groups in total. The Morgan fingerprint density at radius 1 is 1.26 bits per heavy atom. The number of thiophene rings is 1. The second-order valence-corrected chi connectivity index (χ2v) is 10.7. The molecule has 2 aromatic heterocycles. The van der Waals surface area contributed by atoms with E-state index in [1.807, 2.05) is 35.6 Å². The van der Waals surface area contributed by atoms with Crippen molar-refractivity contribution in [1.29, 1.82) is 0 Å². The minimum atomic E-state index is -0.729. The highest BCUT2D eigenvalue weighted by Gasteiger charge is 2.31. The normalized spacial score (nSPS) is 19.6. The van der Waals surface area contributed by atoms with Crippen LogP contribution in [0, 0.1) is 11.8 Å². The number of methoxy groups -OCH3 is 1. The number of hydrogen-bond donors (Lipinski definition) is 2. The summed E-state index contributed by atoms with van der Waals surface area (Å²) < 4.78 is 5.36. The number of aliphatic carboxylic acids is 1. The van der Waals surface area contributed by atoms with Gasteiger partial charge in [0, 0.05) is 29.4 Å². The summed E-state index contributed by atoms with van der Waals surface area (Å²) in [6, 6.07) is 11.9. The maximum atomic E-state index is 11.6. The van der Waals surface area contributed by atoms with Crippen molar-refractivity contribution < 1.29 is 19.7 Å². The Bertz CT molecular complexity index is 1090. The third-order valence-electron chi connectivity index (χ3n) is 7.29. The Hall–Kier alpha value is -2.48. The van der Waals surface area contributed by atoms with Gasteiger partial charge in [-0.1, -0.05) is 6.07 Å². The van der Waals surface area contributed by atoms with Crippen LogP contribution in [0.5, 0.6) is 5.75 Å². The van der Waals surface area contributed by atoms with E-state index < -0.39 is 12.1 Å². The number of aliphatic hydroxyl groups excluding tert-OH is 1. The average molecular weight is 497 g/mol. The fourth-order valence-electron chi connectivity index (χ4n) is 5.38. The molecule has 35 heavy (non-hydrogen) atoms. The molecule has 3 aromatic rings. The van der Waals surface area contributed by atoms with Crippen molar-refractivity contribution in [2.45, 2.75) is 51.0 Å². The summed E-state index contributed by atoms with van der Waals surface area (Å²) in [4.78, 5) is 19.9. The van der Waals surface area contributed by atoms with E-state index in [1.54, 1.807) is 13.3 Å². The Labute approximate surface area is 211 Å². The molecule has 1 fully saturated rings. The fourth-order valence-corrected chi connectivity index (χ4v) is 6.13. The molecular weight excluding hydrogens is 460 g/mol. The maximum absolute atomic E-state index is 11.6. The third-order valence-corrected chi connectivity index (χ3v) is 8.23. The zero-order valence-electron chi connectivity index (χ0n) is 20.4. The van der Waals surface area contributed by atoms with Crippen molar-refractivity contribution >= 4 is 28.2 Å². The van der Waals surface area contributed by atoms with Gasteiger partial charge in [0.2, 0.25) is 0 Å². The Morgan fingerprint density at radius 3 is 2.91 bits per heavy atom. The van der Waals surface area contributed by atoms with E-state index in [1.165, 1.54) is 11.3 Å². The van der Waals surface area contributed by atoms with Crippen molar-refractivity contribution in [3.8, 4) is 5.75 Å². The number of hydrogen-bond acceptors (Lipinski definition) is 6. The molecule has 7 heteroatoms. The minimum Gasteiger partial charge on any atom is -0.497 e. The summed E-state index contributed by atoms with van der Waals surface area (Å²) in [7, 11) is 1.63. The Morgan fingerprint density at radius 2 is 2.14 bits per heavy atom. The van der Waals surface area contributed by atoms with Crippen molar-refractivity contribution in [1.82, 2.24) is 9.88 Å². The lowest BCUT2D eigenvalue weighted by Gasteiger charge is -2.38. The molecule has 3 atom stereocenters. The standard InChI is InChI=1S/C28H36N2O4S/c1-34-22-8-9-26-25(18-22)24(11-13-29-26)27(31)10-7-20-12-15-30(19-21(20)17-28(32)33)14-3-2-5-23-6-4-16-35-23/h4,6,8-9,11,13,16,18,20-21,27,31H,2-3,5,7,10,12,14-15,17,19H2,1H3,(H,32,33)/t20-,21+,27?/m1/s1. The van der Waals surface area contributed by atoms with Crippen LogP contribution in [0.25, 0.3) is 10.9 Å². The van der Waals surface area contributed by atoms with E-state index in [9.17, 15) is 15.0 Å². The summed E-state index contributed by atoms with van der Waals surface area (Å²) in [6.45, 7) is 2.87. The van der Waals surface area contributed by atoms with Crippen molar-refractivity contribution in [3.05, 3.63) is 58.4 Å². The molecule has 0 aliphatic carbocycles. The van der Waals surface area contributed by atoms with Crippen LogP contribution in [0.4, 0.5) is 0 Å². The number of unbranched alkanes of at least 4 members (excludes halogenated alkanes) is 1. The number of fused-ring (bicyclic) bond motifs is 1. The summed E-state index contributed by atoms with van der Waals surface area (Å²) in [5.41, 5.74) is 1.69. The number of carbonyl (C=O) groups is 1. The van der Waals surface area contributed by atoms with Gasteiger partial charge in [-0.25, -0.2) is 0 Å².